The van der Waals surface area contributed by atoms with Gasteiger partial charge in [-0.05, 0) is 85.9 Å². The van der Waals surface area contributed by atoms with E-state index in [1.165, 1.54) is 27.3 Å². The molecule has 0 saturated carbocycles. The first-order chi connectivity index (χ1) is 24.2. The van der Waals surface area contributed by atoms with Gasteiger partial charge >= 0.3 is 0 Å². The molecule has 0 spiro atoms. The third-order valence-corrected chi connectivity index (χ3v) is 9.48. The summed E-state index contributed by atoms with van der Waals surface area (Å²) in [6.45, 7) is 0. The van der Waals surface area contributed by atoms with Gasteiger partial charge in [-0.1, -0.05) is 121 Å². The number of rotatable bonds is 4. The molecule has 0 N–H and O–H groups in total. The van der Waals surface area contributed by atoms with Crippen LogP contribution in [0, 0.1) is 0 Å². The summed E-state index contributed by atoms with van der Waals surface area (Å²) in [4.78, 5) is 15.4. The molecule has 0 atom stereocenters. The van der Waals surface area contributed by atoms with Gasteiger partial charge in [0.05, 0.1) is 0 Å². The lowest BCUT2D eigenvalue weighted by Crippen LogP contribution is -2.00. The molecule has 10 rings (SSSR count). The SMILES string of the molecule is c1ccc2cc(-c3ccc4c(-c5nc(-c6ccc7ccccc7c6)nc(-c6ccc7oc8ccccc8c7c6)n5)cccc4c3)ccc2c1. The van der Waals surface area contributed by atoms with E-state index in [1.807, 2.05) is 30.3 Å². The Kier molecular flexibility index (Phi) is 6.15. The Bertz CT molecular complexity index is 2900. The molecule has 2 aromatic heterocycles. The molecule has 10 aromatic rings. The van der Waals surface area contributed by atoms with Gasteiger partial charge in [0.1, 0.15) is 11.2 Å². The van der Waals surface area contributed by atoms with Crippen LogP contribution in [-0.2, 0) is 0 Å². The fourth-order valence-corrected chi connectivity index (χ4v) is 6.98. The molecule has 0 fully saturated rings. The van der Waals surface area contributed by atoms with Crippen molar-refractivity contribution in [3.8, 4) is 45.3 Å². The molecule has 49 heavy (non-hydrogen) atoms. The van der Waals surface area contributed by atoms with Crippen molar-refractivity contribution in [2.24, 2.45) is 0 Å². The zero-order valence-electron chi connectivity index (χ0n) is 26.3. The van der Waals surface area contributed by atoms with Crippen molar-refractivity contribution >= 4 is 54.3 Å². The highest BCUT2D eigenvalue weighted by Gasteiger charge is 2.17. The summed E-state index contributed by atoms with van der Waals surface area (Å²) in [5.41, 5.74) is 6.87. The highest BCUT2D eigenvalue weighted by atomic mass is 16.3. The third kappa shape index (κ3) is 4.73. The van der Waals surface area contributed by atoms with Gasteiger partial charge in [0.15, 0.2) is 17.5 Å². The van der Waals surface area contributed by atoms with Gasteiger partial charge < -0.3 is 4.42 Å². The zero-order valence-corrected chi connectivity index (χ0v) is 26.3. The average molecular weight is 626 g/mol. The van der Waals surface area contributed by atoms with E-state index in [-0.39, 0.29) is 0 Å². The summed E-state index contributed by atoms with van der Waals surface area (Å²) < 4.78 is 6.13. The first-order valence-corrected chi connectivity index (χ1v) is 16.4. The first-order valence-electron chi connectivity index (χ1n) is 16.4. The van der Waals surface area contributed by atoms with Crippen molar-refractivity contribution < 1.29 is 4.42 Å². The van der Waals surface area contributed by atoms with Crippen LogP contribution in [0.5, 0.6) is 0 Å². The quantitative estimate of drug-likeness (QED) is 0.195. The average Bonchev–Trinajstić information content (AvgIpc) is 3.55. The summed E-state index contributed by atoms with van der Waals surface area (Å²) in [6.07, 6.45) is 0. The van der Waals surface area contributed by atoms with Crippen LogP contribution >= 0.6 is 0 Å². The molecule has 0 unspecified atom stereocenters. The predicted molar refractivity (Wildman–Crippen MR) is 201 cm³/mol. The summed E-state index contributed by atoms with van der Waals surface area (Å²) in [7, 11) is 0. The summed E-state index contributed by atoms with van der Waals surface area (Å²) >= 11 is 0. The van der Waals surface area contributed by atoms with Crippen LogP contribution in [0.2, 0.25) is 0 Å². The second kappa shape index (κ2) is 11.0. The second-order valence-electron chi connectivity index (χ2n) is 12.5. The van der Waals surface area contributed by atoms with Gasteiger partial charge in [0.25, 0.3) is 0 Å². The van der Waals surface area contributed by atoms with Crippen LogP contribution in [0.4, 0.5) is 0 Å². The lowest BCUT2D eigenvalue weighted by molar-refractivity contribution is 0.669. The second-order valence-corrected chi connectivity index (χ2v) is 12.5. The summed E-state index contributed by atoms with van der Waals surface area (Å²) in [6, 6.07) is 57.2. The van der Waals surface area contributed by atoms with E-state index in [4.69, 9.17) is 19.4 Å². The molecule has 0 saturated heterocycles. The predicted octanol–water partition coefficient (Wildman–Crippen LogP) is 11.9. The summed E-state index contributed by atoms with van der Waals surface area (Å²) in [5.74, 6) is 1.88. The Morgan fingerprint density at radius 1 is 0.306 bits per heavy atom. The minimum absolute atomic E-state index is 0.616. The van der Waals surface area contributed by atoms with Crippen molar-refractivity contribution in [3.63, 3.8) is 0 Å². The van der Waals surface area contributed by atoms with Crippen LogP contribution in [0.3, 0.4) is 0 Å². The largest absolute Gasteiger partial charge is 0.456 e. The highest BCUT2D eigenvalue weighted by molar-refractivity contribution is 6.06. The van der Waals surface area contributed by atoms with Crippen LogP contribution in [0.15, 0.2) is 168 Å². The number of aromatic nitrogens is 3. The molecule has 228 valence electrons. The smallest absolute Gasteiger partial charge is 0.164 e. The molecule has 0 aliphatic heterocycles. The topological polar surface area (TPSA) is 51.8 Å². The number of furan rings is 1. The van der Waals surface area contributed by atoms with Crippen LogP contribution < -0.4 is 0 Å². The zero-order chi connectivity index (χ0) is 32.3. The normalized spacial score (nSPS) is 11.7. The van der Waals surface area contributed by atoms with E-state index < -0.39 is 0 Å². The molecule has 4 heteroatoms. The van der Waals surface area contributed by atoms with Gasteiger partial charge in [-0.25, -0.2) is 15.0 Å². The molecule has 0 bridgehead atoms. The van der Waals surface area contributed by atoms with Crippen molar-refractivity contribution in [1.82, 2.24) is 15.0 Å². The lowest BCUT2D eigenvalue weighted by atomic mass is 9.96. The fourth-order valence-electron chi connectivity index (χ4n) is 6.98. The summed E-state index contributed by atoms with van der Waals surface area (Å²) in [5, 5.41) is 9.11. The number of para-hydroxylation sites is 1. The number of nitrogens with zero attached hydrogens (tertiary/aromatic N) is 3. The Balaban J connectivity index is 1.15. The van der Waals surface area contributed by atoms with E-state index in [0.29, 0.717) is 17.5 Å². The van der Waals surface area contributed by atoms with Gasteiger partial charge in [-0.2, -0.15) is 0 Å². The van der Waals surface area contributed by atoms with Crippen molar-refractivity contribution in [2.75, 3.05) is 0 Å². The molecule has 8 aromatic carbocycles. The minimum Gasteiger partial charge on any atom is -0.456 e. The van der Waals surface area contributed by atoms with Gasteiger partial charge in [0, 0.05) is 27.5 Å². The van der Waals surface area contributed by atoms with Gasteiger partial charge in [-0.3, -0.25) is 0 Å². The van der Waals surface area contributed by atoms with E-state index in [2.05, 4.69) is 133 Å². The molecule has 4 nitrogen and oxygen atoms in total. The molecular formula is C45H27N3O. The third-order valence-electron chi connectivity index (χ3n) is 9.48. The van der Waals surface area contributed by atoms with Crippen molar-refractivity contribution in [1.29, 1.82) is 0 Å². The lowest BCUT2D eigenvalue weighted by Gasteiger charge is -2.12. The van der Waals surface area contributed by atoms with Crippen LogP contribution in [0.1, 0.15) is 0 Å². The van der Waals surface area contributed by atoms with Crippen molar-refractivity contribution in [2.45, 2.75) is 0 Å². The molecular weight excluding hydrogens is 599 g/mol. The Labute approximate surface area is 282 Å². The monoisotopic (exact) mass is 625 g/mol. The molecule has 2 heterocycles. The van der Waals surface area contributed by atoms with Crippen molar-refractivity contribution in [3.05, 3.63) is 164 Å². The molecule has 0 amide bonds. The maximum absolute atomic E-state index is 6.13. The fraction of sp³-hybridized carbons (Fsp3) is 0. The van der Waals surface area contributed by atoms with Crippen LogP contribution in [-0.4, -0.2) is 15.0 Å². The Morgan fingerprint density at radius 3 is 1.61 bits per heavy atom. The number of hydrogen-bond donors (Lipinski definition) is 0. The number of fused-ring (bicyclic) bond motifs is 6. The number of benzene rings is 8. The maximum Gasteiger partial charge on any atom is 0.164 e. The Hall–Kier alpha value is -6.65. The van der Waals surface area contributed by atoms with Gasteiger partial charge in [-0.15, -0.1) is 0 Å². The maximum atomic E-state index is 6.13. The molecule has 0 aliphatic carbocycles. The Morgan fingerprint density at radius 2 is 0.837 bits per heavy atom. The van der Waals surface area contributed by atoms with Gasteiger partial charge in [0.2, 0.25) is 0 Å². The first kappa shape index (κ1) is 27.5. The van der Waals surface area contributed by atoms with E-state index in [9.17, 15) is 0 Å². The number of hydrogen-bond acceptors (Lipinski definition) is 4. The van der Waals surface area contributed by atoms with E-state index in [1.54, 1.807) is 0 Å². The minimum atomic E-state index is 0.616. The molecule has 0 radical (unpaired) electrons. The van der Waals surface area contributed by atoms with E-state index in [0.717, 1.165) is 54.8 Å². The highest BCUT2D eigenvalue weighted by Crippen LogP contribution is 2.35. The standard InChI is InChI=1S/C45H27N3O/c1-3-10-30-24-32(18-16-28(30)8-1)33-20-22-37-34(25-33)12-7-14-39(37)45-47-43(35-19-17-29-9-2-4-11-31(29)26-35)46-44(48-45)36-21-23-42-40(27-36)38-13-5-6-15-41(38)49-42/h1-27H. The molecule has 0 aliphatic rings. The van der Waals surface area contributed by atoms with E-state index >= 15 is 0 Å². The van der Waals surface area contributed by atoms with Crippen LogP contribution in [0.25, 0.3) is 99.5 Å².